The molecule has 6 aliphatic heterocycles. The number of nitrogens with one attached hydrogen (secondary N) is 2. The summed E-state index contributed by atoms with van der Waals surface area (Å²) in [6.07, 6.45) is 5.42. The van der Waals surface area contributed by atoms with Crippen LogP contribution in [0.15, 0.2) is 60.1 Å². The number of hydrogen-bond acceptors (Lipinski definition) is 13. The molecule has 8 rings (SSSR count). The van der Waals surface area contributed by atoms with Crippen LogP contribution in [0.1, 0.15) is 64.8 Å². The fourth-order valence-electron chi connectivity index (χ4n) is 9.26. The highest BCUT2D eigenvalue weighted by atomic mass is 16.3. The van der Waals surface area contributed by atoms with Crippen molar-refractivity contribution in [2.24, 2.45) is 17.4 Å². The van der Waals surface area contributed by atoms with Crippen molar-refractivity contribution in [1.29, 1.82) is 0 Å². The first-order valence-electron chi connectivity index (χ1n) is 19.5. The van der Waals surface area contributed by atoms with Crippen molar-refractivity contribution >= 4 is 35.0 Å². The molecule has 0 radical (unpaired) electrons. The summed E-state index contributed by atoms with van der Waals surface area (Å²) < 4.78 is 0. The summed E-state index contributed by atoms with van der Waals surface area (Å²) in [6.45, 7) is 8.28. The second-order valence-corrected chi connectivity index (χ2v) is 16.0. The van der Waals surface area contributed by atoms with Gasteiger partial charge >= 0.3 is 0 Å². The molecule has 0 bridgehead atoms. The summed E-state index contributed by atoms with van der Waals surface area (Å²) in [4.78, 5) is 61.0. The lowest BCUT2D eigenvalue weighted by molar-refractivity contribution is -0.136. The van der Waals surface area contributed by atoms with Gasteiger partial charge in [0.15, 0.2) is 0 Å². The van der Waals surface area contributed by atoms with E-state index in [-0.39, 0.29) is 35.8 Å². The number of amides is 4. The Balaban J connectivity index is 0.799. The summed E-state index contributed by atoms with van der Waals surface area (Å²) >= 11 is 0. The maximum atomic E-state index is 13.3. The van der Waals surface area contributed by atoms with Gasteiger partial charge in [-0.25, -0.2) is 0 Å². The number of β-amino-alcohol motifs (C(OH)–C–C–N with tert-alkyl or cyclic N) is 1. The number of anilines is 1. The number of piperazine rings is 1. The molecule has 4 fully saturated rings. The molecule has 4 amide bonds. The minimum atomic E-state index is -0.993. The Kier molecular flexibility index (Phi) is 9.94. The van der Waals surface area contributed by atoms with Crippen molar-refractivity contribution in [1.82, 2.24) is 30.2 Å². The molecule has 0 spiro atoms. The molecule has 2 aromatic rings. The first-order valence-corrected chi connectivity index (χ1v) is 19.5. The highest BCUT2D eigenvalue weighted by Crippen LogP contribution is 2.34. The van der Waals surface area contributed by atoms with E-state index in [0.29, 0.717) is 55.5 Å². The van der Waals surface area contributed by atoms with Crippen LogP contribution in [0.2, 0.25) is 0 Å². The minimum Gasteiger partial charge on any atom is -0.507 e. The third kappa shape index (κ3) is 7.35. The van der Waals surface area contributed by atoms with Gasteiger partial charge in [0, 0.05) is 75.7 Å². The van der Waals surface area contributed by atoms with Gasteiger partial charge in [0.05, 0.1) is 28.5 Å². The van der Waals surface area contributed by atoms with E-state index >= 15 is 0 Å². The number of phenols is 1. The number of allylic oxidation sites excluding steroid dienone is 1. The number of nitrogens with two attached hydrogens (primary N) is 2. The van der Waals surface area contributed by atoms with Crippen LogP contribution < -0.4 is 27.0 Å². The number of carbonyl (C=O) groups excluding carboxylic acids is 4. The number of aromatic hydroxyl groups is 1. The molecule has 2 atom stereocenters. The second kappa shape index (κ2) is 14.8. The summed E-state index contributed by atoms with van der Waals surface area (Å²) in [5.74, 6) is -0.726. The molecule has 15 heteroatoms. The fraction of sp³-hybridized carbons (Fsp3) is 0.500. The molecule has 2 unspecified atom stereocenters. The zero-order chi connectivity index (χ0) is 38.4. The zero-order valence-electron chi connectivity index (χ0n) is 31.1. The third-order valence-corrected chi connectivity index (χ3v) is 12.4. The van der Waals surface area contributed by atoms with Crippen LogP contribution in [0.25, 0.3) is 5.70 Å². The third-order valence-electron chi connectivity index (χ3n) is 12.4. The maximum Gasteiger partial charge on any atom is 0.262 e. The van der Waals surface area contributed by atoms with Gasteiger partial charge in [-0.3, -0.25) is 34.3 Å². The van der Waals surface area contributed by atoms with Crippen LogP contribution >= 0.6 is 0 Å². The number of benzene rings is 2. The number of likely N-dealkylation sites (tertiary alicyclic amines) is 1. The first-order chi connectivity index (χ1) is 26.5. The van der Waals surface area contributed by atoms with E-state index in [4.69, 9.17) is 11.5 Å². The van der Waals surface area contributed by atoms with Gasteiger partial charge in [0.2, 0.25) is 11.8 Å². The van der Waals surface area contributed by atoms with E-state index in [2.05, 4.69) is 30.2 Å². The highest BCUT2D eigenvalue weighted by Gasteiger charge is 2.45. The summed E-state index contributed by atoms with van der Waals surface area (Å²) in [7, 11) is 0. The maximum absolute atomic E-state index is 13.3. The molecule has 0 aromatic heterocycles. The number of fused-ring (bicyclic) bond motifs is 2. The van der Waals surface area contributed by atoms with E-state index in [1.807, 2.05) is 18.2 Å². The molecular formula is C40H51N9O6. The van der Waals surface area contributed by atoms with Crippen LogP contribution in [-0.2, 0) is 9.59 Å². The monoisotopic (exact) mass is 753 g/mol. The van der Waals surface area contributed by atoms with E-state index in [1.165, 1.54) is 0 Å². The van der Waals surface area contributed by atoms with Gasteiger partial charge in [0.25, 0.3) is 11.8 Å². The smallest absolute Gasteiger partial charge is 0.262 e. The molecular weight excluding hydrogens is 702 g/mol. The molecule has 6 heterocycles. The van der Waals surface area contributed by atoms with E-state index in [1.54, 1.807) is 30.3 Å². The Hall–Kier alpha value is -5.12. The van der Waals surface area contributed by atoms with Crippen LogP contribution in [0.5, 0.6) is 5.75 Å². The van der Waals surface area contributed by atoms with Gasteiger partial charge in [0.1, 0.15) is 17.6 Å². The number of hydrogen-bond donors (Lipinski definition) is 6. The van der Waals surface area contributed by atoms with Crippen LogP contribution in [0.3, 0.4) is 0 Å². The number of phenolic OH excluding ortho intramolecular Hbond substituents is 1. The van der Waals surface area contributed by atoms with Gasteiger partial charge in [-0.1, -0.05) is 12.1 Å². The number of imide groups is 2. The first kappa shape index (κ1) is 36.8. The molecule has 8 N–H and O–H groups in total. The molecule has 0 saturated carbocycles. The standard InChI is InChI=1S/C40H51N9O6/c41-31(29-3-1-2-4-34(29)50)20-33-36(42)43-21-27-23-46(17-18-48(27)33)22-25-9-13-45(14-10-25)24-40(55)11-15-47(16-12-40)26-5-6-28-30(19-26)39(54)49(38(28)53)32-7-8-35(51)44-37(32)52/h1-6,19-20,25,27,32,43,50,55H,7-18,21-24,41-42H2,(H,44,51,52)/b31-20-. The van der Waals surface area contributed by atoms with Crippen molar-refractivity contribution in [3.8, 4) is 5.75 Å². The van der Waals surface area contributed by atoms with E-state index in [9.17, 15) is 29.4 Å². The van der Waals surface area contributed by atoms with Crippen LogP contribution in [-0.4, -0.2) is 137 Å². The van der Waals surface area contributed by atoms with Gasteiger partial charge in [-0.2, -0.15) is 0 Å². The van der Waals surface area contributed by atoms with Gasteiger partial charge < -0.3 is 41.7 Å². The second-order valence-electron chi connectivity index (χ2n) is 16.0. The van der Waals surface area contributed by atoms with Crippen molar-refractivity contribution < 1.29 is 29.4 Å². The predicted octanol–water partition coefficient (Wildman–Crippen LogP) is 0.554. The average Bonchev–Trinajstić information content (AvgIpc) is 3.42. The zero-order valence-corrected chi connectivity index (χ0v) is 31.1. The van der Waals surface area contributed by atoms with Crippen LogP contribution in [0.4, 0.5) is 5.69 Å². The summed E-state index contributed by atoms with van der Waals surface area (Å²) in [6, 6.07) is 11.5. The number of piperidine rings is 3. The lowest BCUT2D eigenvalue weighted by Crippen LogP contribution is -2.60. The largest absolute Gasteiger partial charge is 0.507 e. The summed E-state index contributed by atoms with van der Waals surface area (Å²) in [5, 5.41) is 27.5. The highest BCUT2D eigenvalue weighted by molar-refractivity contribution is 6.23. The molecule has 55 heavy (non-hydrogen) atoms. The number of carbonyl (C=O) groups is 4. The van der Waals surface area contributed by atoms with Gasteiger partial charge in [-0.15, -0.1) is 0 Å². The molecule has 6 aliphatic rings. The van der Waals surface area contributed by atoms with Gasteiger partial charge in [-0.05, 0) is 87.5 Å². The molecule has 0 aliphatic carbocycles. The Morgan fingerprint density at radius 2 is 1.65 bits per heavy atom. The quantitative estimate of drug-likeness (QED) is 0.205. The molecule has 15 nitrogen and oxygen atoms in total. The predicted molar refractivity (Wildman–Crippen MR) is 205 cm³/mol. The van der Waals surface area contributed by atoms with Crippen molar-refractivity contribution in [3.63, 3.8) is 0 Å². The molecule has 2 aromatic carbocycles. The number of para-hydroxylation sites is 1. The fourth-order valence-corrected chi connectivity index (χ4v) is 9.26. The summed E-state index contributed by atoms with van der Waals surface area (Å²) in [5.41, 5.74) is 15.3. The lowest BCUT2D eigenvalue weighted by atomic mass is 9.88. The normalized spacial score (nSPS) is 25.5. The Bertz CT molecular complexity index is 1930. The van der Waals surface area contributed by atoms with Crippen molar-refractivity contribution in [2.75, 3.05) is 70.3 Å². The van der Waals surface area contributed by atoms with Crippen molar-refractivity contribution in [3.05, 3.63) is 76.7 Å². The minimum absolute atomic E-state index is 0.0788. The molecule has 292 valence electrons. The number of rotatable bonds is 8. The topological polar surface area (TPSA) is 201 Å². The Morgan fingerprint density at radius 3 is 2.40 bits per heavy atom. The number of nitrogens with zero attached hydrogens (tertiary/aromatic N) is 5. The van der Waals surface area contributed by atoms with Crippen LogP contribution in [0, 0.1) is 5.92 Å². The molecule has 4 saturated heterocycles. The number of aliphatic hydroxyl groups is 1. The van der Waals surface area contributed by atoms with Crippen molar-refractivity contribution in [2.45, 2.75) is 56.2 Å². The Labute approximate surface area is 320 Å². The average molecular weight is 754 g/mol. The van der Waals surface area contributed by atoms with E-state index < -0.39 is 35.3 Å². The Morgan fingerprint density at radius 1 is 0.909 bits per heavy atom. The SMILES string of the molecule is NC1=C(/C=C(\N)c2ccccc2O)N2CCN(CC3CCN(CC4(O)CCN(c5ccc6c(c5)C(=O)N(C5CCC(=O)NC5=O)C6=O)CC4)CC3)CC2CN1. The lowest BCUT2D eigenvalue weighted by Gasteiger charge is -2.47. The van der Waals surface area contributed by atoms with E-state index in [0.717, 1.165) is 74.9 Å².